The zero-order valence-corrected chi connectivity index (χ0v) is 11.7. The number of piperidine rings is 1. The molecular weight excluding hydrogens is 252 g/mol. The third-order valence-electron chi connectivity index (χ3n) is 3.95. The van der Waals surface area contributed by atoms with Gasteiger partial charge in [-0.2, -0.15) is 4.98 Å². The van der Waals surface area contributed by atoms with Gasteiger partial charge in [0, 0.05) is 18.2 Å². The van der Waals surface area contributed by atoms with E-state index in [0.29, 0.717) is 18.4 Å². The smallest absolute Gasteiger partial charge is 0.257 e. The van der Waals surface area contributed by atoms with E-state index in [1.54, 1.807) is 0 Å². The van der Waals surface area contributed by atoms with E-state index < -0.39 is 0 Å². The second kappa shape index (κ2) is 5.73. The first kappa shape index (κ1) is 13.3. The second-order valence-corrected chi connectivity index (χ2v) is 5.55. The molecule has 3 rings (SSSR count). The third kappa shape index (κ3) is 2.89. The fourth-order valence-corrected chi connectivity index (χ4v) is 2.53. The summed E-state index contributed by atoms with van der Waals surface area (Å²) in [6.45, 7) is 4.86. The Morgan fingerprint density at radius 3 is 2.90 bits per heavy atom. The monoisotopic (exact) mass is 272 g/mol. The Morgan fingerprint density at radius 2 is 2.15 bits per heavy atom. The number of aromatic nitrogens is 2. The minimum absolute atomic E-state index is 0.240. The van der Waals surface area contributed by atoms with Crippen molar-refractivity contribution in [3.63, 3.8) is 0 Å². The predicted octanol–water partition coefficient (Wildman–Crippen LogP) is 1.91. The summed E-state index contributed by atoms with van der Waals surface area (Å²) in [5.41, 5.74) is 7.07. The van der Waals surface area contributed by atoms with Crippen molar-refractivity contribution in [2.45, 2.75) is 25.9 Å². The summed E-state index contributed by atoms with van der Waals surface area (Å²) in [4.78, 5) is 6.75. The largest absolute Gasteiger partial charge is 0.334 e. The molecule has 20 heavy (non-hydrogen) atoms. The molecule has 0 saturated carbocycles. The molecule has 2 N–H and O–H groups in total. The molecule has 2 unspecified atom stereocenters. The molecule has 2 aromatic rings. The average molecular weight is 272 g/mol. The summed E-state index contributed by atoms with van der Waals surface area (Å²) in [6, 6.07) is 10.1. The highest BCUT2D eigenvalue weighted by molar-refractivity contribution is 5.51. The van der Waals surface area contributed by atoms with Crippen LogP contribution in [0.3, 0.4) is 0 Å². The van der Waals surface area contributed by atoms with E-state index in [1.165, 1.54) is 0 Å². The van der Waals surface area contributed by atoms with E-state index in [-0.39, 0.29) is 6.04 Å². The Morgan fingerprint density at radius 1 is 1.35 bits per heavy atom. The number of nitrogens with two attached hydrogens (primary N) is 1. The minimum atomic E-state index is 0.240. The molecule has 0 spiro atoms. The van der Waals surface area contributed by atoms with Gasteiger partial charge in [0.1, 0.15) is 0 Å². The van der Waals surface area contributed by atoms with Crippen LogP contribution in [0.4, 0.5) is 0 Å². The maximum Gasteiger partial charge on any atom is 0.257 e. The summed E-state index contributed by atoms with van der Waals surface area (Å²) < 4.78 is 5.32. The van der Waals surface area contributed by atoms with Crippen molar-refractivity contribution < 1.29 is 4.52 Å². The highest BCUT2D eigenvalue weighted by Gasteiger charge is 2.24. The van der Waals surface area contributed by atoms with Gasteiger partial charge in [-0.3, -0.25) is 4.90 Å². The summed E-state index contributed by atoms with van der Waals surface area (Å²) >= 11 is 0. The molecule has 1 aromatic heterocycles. The van der Waals surface area contributed by atoms with Gasteiger partial charge < -0.3 is 10.3 Å². The lowest BCUT2D eigenvalue weighted by atomic mass is 9.94. The molecule has 1 aliphatic rings. The molecule has 0 bridgehead atoms. The Balaban J connectivity index is 1.66. The number of hydrogen-bond acceptors (Lipinski definition) is 5. The Kier molecular flexibility index (Phi) is 3.80. The van der Waals surface area contributed by atoms with Crippen LogP contribution in [0.15, 0.2) is 34.9 Å². The van der Waals surface area contributed by atoms with Crippen molar-refractivity contribution in [2.24, 2.45) is 11.7 Å². The zero-order chi connectivity index (χ0) is 13.9. The summed E-state index contributed by atoms with van der Waals surface area (Å²) in [5.74, 6) is 1.90. The number of benzene rings is 1. The van der Waals surface area contributed by atoms with Crippen LogP contribution in [0.25, 0.3) is 11.5 Å². The van der Waals surface area contributed by atoms with Crippen molar-refractivity contribution in [1.82, 2.24) is 15.0 Å². The lowest BCUT2D eigenvalue weighted by Crippen LogP contribution is -2.47. The van der Waals surface area contributed by atoms with Crippen molar-refractivity contribution in [3.8, 4) is 11.5 Å². The number of hydrogen-bond donors (Lipinski definition) is 1. The summed E-state index contributed by atoms with van der Waals surface area (Å²) in [5, 5.41) is 4.06. The Hall–Kier alpha value is -1.72. The first-order valence-electron chi connectivity index (χ1n) is 7.08. The highest BCUT2D eigenvalue weighted by Crippen LogP contribution is 2.19. The van der Waals surface area contributed by atoms with Crippen molar-refractivity contribution in [3.05, 3.63) is 36.2 Å². The van der Waals surface area contributed by atoms with E-state index in [1.807, 2.05) is 30.3 Å². The molecule has 5 nitrogen and oxygen atoms in total. The van der Waals surface area contributed by atoms with Crippen LogP contribution >= 0.6 is 0 Å². The van der Waals surface area contributed by atoms with Gasteiger partial charge in [-0.25, -0.2) is 0 Å². The van der Waals surface area contributed by atoms with Gasteiger partial charge in [0.05, 0.1) is 6.54 Å². The molecule has 0 amide bonds. The van der Waals surface area contributed by atoms with E-state index in [4.69, 9.17) is 10.3 Å². The third-order valence-corrected chi connectivity index (χ3v) is 3.95. The van der Waals surface area contributed by atoms with Gasteiger partial charge in [0.15, 0.2) is 5.82 Å². The fraction of sp³-hybridized carbons (Fsp3) is 0.467. The lowest BCUT2D eigenvalue weighted by Gasteiger charge is -2.34. The SMILES string of the molecule is CC1CCN(Cc2noc(-c3ccccc3)n2)CC1N. The quantitative estimate of drug-likeness (QED) is 0.924. The molecule has 1 aliphatic heterocycles. The topological polar surface area (TPSA) is 68.2 Å². The van der Waals surface area contributed by atoms with Crippen LogP contribution in [0.2, 0.25) is 0 Å². The summed E-state index contributed by atoms with van der Waals surface area (Å²) in [6.07, 6.45) is 1.13. The van der Waals surface area contributed by atoms with E-state index in [2.05, 4.69) is 22.0 Å². The predicted molar refractivity (Wildman–Crippen MR) is 76.8 cm³/mol. The Labute approximate surface area is 118 Å². The first-order chi connectivity index (χ1) is 9.72. The Bertz CT molecular complexity index is 554. The van der Waals surface area contributed by atoms with Crippen molar-refractivity contribution in [2.75, 3.05) is 13.1 Å². The number of nitrogens with zero attached hydrogens (tertiary/aromatic N) is 3. The van der Waals surface area contributed by atoms with Crippen LogP contribution < -0.4 is 5.73 Å². The van der Waals surface area contributed by atoms with Crippen LogP contribution in [0, 0.1) is 5.92 Å². The van der Waals surface area contributed by atoms with Crippen molar-refractivity contribution in [1.29, 1.82) is 0 Å². The molecule has 2 heterocycles. The second-order valence-electron chi connectivity index (χ2n) is 5.55. The molecule has 1 aromatic carbocycles. The lowest BCUT2D eigenvalue weighted by molar-refractivity contribution is 0.157. The molecule has 1 saturated heterocycles. The zero-order valence-electron chi connectivity index (χ0n) is 11.7. The van der Waals surface area contributed by atoms with Gasteiger partial charge in [0.25, 0.3) is 5.89 Å². The normalized spacial score (nSPS) is 23.9. The highest BCUT2D eigenvalue weighted by atomic mass is 16.5. The summed E-state index contributed by atoms with van der Waals surface area (Å²) in [7, 11) is 0. The van der Waals surface area contributed by atoms with Crippen LogP contribution in [0.1, 0.15) is 19.2 Å². The van der Waals surface area contributed by atoms with Crippen LogP contribution in [0.5, 0.6) is 0 Å². The molecular formula is C15H20N4O. The maximum absolute atomic E-state index is 6.11. The van der Waals surface area contributed by atoms with Crippen LogP contribution in [-0.4, -0.2) is 34.2 Å². The van der Waals surface area contributed by atoms with Gasteiger partial charge in [0.2, 0.25) is 0 Å². The van der Waals surface area contributed by atoms with E-state index >= 15 is 0 Å². The number of likely N-dealkylation sites (tertiary alicyclic amines) is 1. The molecule has 106 valence electrons. The van der Waals surface area contributed by atoms with Crippen LogP contribution in [-0.2, 0) is 6.54 Å². The standard InChI is InChI=1S/C15H20N4O/c1-11-7-8-19(9-13(11)16)10-14-17-15(20-18-14)12-5-3-2-4-6-12/h2-6,11,13H,7-10,16H2,1H3. The van der Waals surface area contributed by atoms with Crippen molar-refractivity contribution >= 4 is 0 Å². The fourth-order valence-electron chi connectivity index (χ4n) is 2.53. The van der Waals surface area contributed by atoms with Gasteiger partial charge in [-0.05, 0) is 31.0 Å². The first-order valence-corrected chi connectivity index (χ1v) is 7.08. The van der Waals surface area contributed by atoms with E-state index in [0.717, 1.165) is 30.9 Å². The van der Waals surface area contributed by atoms with Gasteiger partial charge in [-0.1, -0.05) is 30.3 Å². The van der Waals surface area contributed by atoms with E-state index in [9.17, 15) is 0 Å². The minimum Gasteiger partial charge on any atom is -0.334 e. The molecule has 2 atom stereocenters. The molecule has 1 fully saturated rings. The maximum atomic E-state index is 6.11. The molecule has 5 heteroatoms. The van der Waals surface area contributed by atoms with Gasteiger partial charge in [-0.15, -0.1) is 0 Å². The van der Waals surface area contributed by atoms with Gasteiger partial charge >= 0.3 is 0 Å². The average Bonchev–Trinajstić information content (AvgIpc) is 2.92. The number of rotatable bonds is 3. The molecule has 0 radical (unpaired) electrons. The molecule has 0 aliphatic carbocycles.